The zero-order valence-electron chi connectivity index (χ0n) is 7.91. The molecule has 3 nitrogen and oxygen atoms in total. The van der Waals surface area contributed by atoms with Gasteiger partial charge in [-0.2, -0.15) is 0 Å². The Balaban J connectivity index is 1.95. The number of likely N-dealkylation sites (tertiary alicyclic amines) is 1. The first kappa shape index (κ1) is 9.00. The molecule has 1 saturated heterocycles. The Kier molecular flexibility index (Phi) is 2.54. The lowest BCUT2D eigenvalue weighted by Crippen LogP contribution is -2.38. The van der Waals surface area contributed by atoms with E-state index in [1.165, 1.54) is 19.3 Å². The molecule has 1 N–H and O–H groups in total. The predicted molar refractivity (Wildman–Crippen MR) is 49.2 cm³/mol. The van der Waals surface area contributed by atoms with E-state index in [0.717, 1.165) is 12.8 Å². The molecule has 1 aliphatic carbocycles. The molecule has 2 fully saturated rings. The standard InChI is InChI=1S/C10H17NO2/c12-9-6-10(13)11(7-9)8-4-2-1-3-5-8/h8-9,12H,1-7H2/t9-/m1/s1. The second-order valence-electron chi connectivity index (χ2n) is 4.20. The number of β-amino-alcohol motifs (C(OH)–C–C–N with tert-alkyl or cyclic N) is 1. The summed E-state index contributed by atoms with van der Waals surface area (Å²) in [7, 11) is 0. The van der Waals surface area contributed by atoms with Crippen LogP contribution in [0.25, 0.3) is 0 Å². The maximum absolute atomic E-state index is 11.4. The highest BCUT2D eigenvalue weighted by Crippen LogP contribution is 2.26. The van der Waals surface area contributed by atoms with Crippen molar-refractivity contribution in [2.75, 3.05) is 6.54 Å². The number of hydrogen-bond donors (Lipinski definition) is 1. The molecule has 2 rings (SSSR count). The lowest BCUT2D eigenvalue weighted by molar-refractivity contribution is -0.130. The van der Waals surface area contributed by atoms with Crippen molar-refractivity contribution in [3.63, 3.8) is 0 Å². The summed E-state index contributed by atoms with van der Waals surface area (Å²) in [5, 5.41) is 9.34. The van der Waals surface area contributed by atoms with Gasteiger partial charge in [-0.05, 0) is 12.8 Å². The average Bonchev–Trinajstić information content (AvgIpc) is 2.47. The lowest BCUT2D eigenvalue weighted by atomic mass is 9.94. The van der Waals surface area contributed by atoms with E-state index in [9.17, 15) is 9.90 Å². The van der Waals surface area contributed by atoms with Gasteiger partial charge in [-0.25, -0.2) is 0 Å². The highest BCUT2D eigenvalue weighted by Gasteiger charge is 2.33. The van der Waals surface area contributed by atoms with Crippen LogP contribution in [0.3, 0.4) is 0 Å². The normalized spacial score (nSPS) is 31.3. The molecule has 1 aliphatic heterocycles. The molecule has 0 spiro atoms. The highest BCUT2D eigenvalue weighted by atomic mass is 16.3. The van der Waals surface area contributed by atoms with Gasteiger partial charge in [-0.3, -0.25) is 4.79 Å². The van der Waals surface area contributed by atoms with Gasteiger partial charge < -0.3 is 10.0 Å². The van der Waals surface area contributed by atoms with E-state index in [4.69, 9.17) is 0 Å². The Labute approximate surface area is 78.7 Å². The van der Waals surface area contributed by atoms with E-state index >= 15 is 0 Å². The van der Waals surface area contributed by atoms with Gasteiger partial charge in [0.25, 0.3) is 0 Å². The van der Waals surface area contributed by atoms with Crippen molar-refractivity contribution in [1.29, 1.82) is 0 Å². The van der Waals surface area contributed by atoms with Crippen LogP contribution in [0.15, 0.2) is 0 Å². The van der Waals surface area contributed by atoms with E-state index in [1.807, 2.05) is 4.90 Å². The fourth-order valence-electron chi connectivity index (χ4n) is 2.46. The minimum atomic E-state index is -0.408. The molecule has 2 aliphatic rings. The Hall–Kier alpha value is -0.570. The maximum atomic E-state index is 11.4. The van der Waals surface area contributed by atoms with Crippen LogP contribution in [0.1, 0.15) is 38.5 Å². The van der Waals surface area contributed by atoms with Crippen molar-refractivity contribution in [1.82, 2.24) is 4.90 Å². The van der Waals surface area contributed by atoms with Gasteiger partial charge in [-0.1, -0.05) is 19.3 Å². The Morgan fingerprint density at radius 2 is 1.92 bits per heavy atom. The van der Waals surface area contributed by atoms with Crippen LogP contribution in [0, 0.1) is 0 Å². The topological polar surface area (TPSA) is 40.5 Å². The van der Waals surface area contributed by atoms with Crippen molar-refractivity contribution >= 4 is 5.91 Å². The molecule has 0 aromatic heterocycles. The first-order valence-corrected chi connectivity index (χ1v) is 5.25. The van der Waals surface area contributed by atoms with Crippen LogP contribution >= 0.6 is 0 Å². The summed E-state index contributed by atoms with van der Waals surface area (Å²) < 4.78 is 0. The second kappa shape index (κ2) is 3.66. The largest absolute Gasteiger partial charge is 0.391 e. The summed E-state index contributed by atoms with van der Waals surface area (Å²) in [5.74, 6) is 0.152. The molecule has 0 aromatic carbocycles. The molecular weight excluding hydrogens is 166 g/mol. The second-order valence-corrected chi connectivity index (χ2v) is 4.20. The molecule has 0 unspecified atom stereocenters. The van der Waals surface area contributed by atoms with Gasteiger partial charge in [0, 0.05) is 12.6 Å². The number of amides is 1. The van der Waals surface area contributed by atoms with Crippen LogP contribution in [-0.4, -0.2) is 34.6 Å². The van der Waals surface area contributed by atoms with Crippen molar-refractivity contribution in [2.24, 2.45) is 0 Å². The maximum Gasteiger partial charge on any atom is 0.225 e. The number of aliphatic hydroxyl groups is 1. The first-order valence-electron chi connectivity index (χ1n) is 5.25. The van der Waals surface area contributed by atoms with E-state index in [-0.39, 0.29) is 5.91 Å². The molecule has 3 heteroatoms. The summed E-state index contributed by atoms with van der Waals surface area (Å²) in [5.41, 5.74) is 0. The van der Waals surface area contributed by atoms with Gasteiger partial charge in [0.2, 0.25) is 5.91 Å². The number of hydrogen-bond acceptors (Lipinski definition) is 2. The van der Waals surface area contributed by atoms with Crippen LogP contribution in [0.2, 0.25) is 0 Å². The monoisotopic (exact) mass is 183 g/mol. The van der Waals surface area contributed by atoms with Crippen molar-refractivity contribution in [3.05, 3.63) is 0 Å². The van der Waals surface area contributed by atoms with Crippen LogP contribution in [-0.2, 0) is 4.79 Å². The summed E-state index contributed by atoms with van der Waals surface area (Å²) in [6, 6.07) is 0.429. The zero-order valence-corrected chi connectivity index (χ0v) is 7.91. The van der Waals surface area contributed by atoms with E-state index in [2.05, 4.69) is 0 Å². The Morgan fingerprint density at radius 3 is 2.46 bits per heavy atom. The smallest absolute Gasteiger partial charge is 0.225 e. The number of carbonyl (C=O) groups excluding carboxylic acids is 1. The number of carbonyl (C=O) groups is 1. The number of aliphatic hydroxyl groups excluding tert-OH is 1. The molecule has 1 heterocycles. The fourth-order valence-corrected chi connectivity index (χ4v) is 2.46. The van der Waals surface area contributed by atoms with E-state index in [0.29, 0.717) is 19.0 Å². The molecular formula is C10H17NO2. The molecule has 1 amide bonds. The molecule has 13 heavy (non-hydrogen) atoms. The van der Waals surface area contributed by atoms with E-state index in [1.54, 1.807) is 0 Å². The third-order valence-corrected chi connectivity index (χ3v) is 3.15. The predicted octanol–water partition coefficient (Wildman–Crippen LogP) is 0.912. The summed E-state index contributed by atoms with van der Waals surface area (Å²) in [6.07, 6.45) is 6.00. The zero-order chi connectivity index (χ0) is 9.26. The molecule has 0 radical (unpaired) electrons. The van der Waals surface area contributed by atoms with Crippen molar-refractivity contribution < 1.29 is 9.90 Å². The first-order chi connectivity index (χ1) is 6.27. The van der Waals surface area contributed by atoms with Gasteiger partial charge in [-0.15, -0.1) is 0 Å². The molecule has 1 atom stereocenters. The summed E-state index contributed by atoms with van der Waals surface area (Å²) in [6.45, 7) is 0.573. The lowest BCUT2D eigenvalue weighted by Gasteiger charge is -2.30. The highest BCUT2D eigenvalue weighted by molar-refractivity contribution is 5.79. The Bertz CT molecular complexity index is 199. The van der Waals surface area contributed by atoms with Crippen molar-refractivity contribution in [3.8, 4) is 0 Å². The van der Waals surface area contributed by atoms with Gasteiger partial charge in [0.1, 0.15) is 0 Å². The minimum absolute atomic E-state index is 0.152. The molecule has 1 saturated carbocycles. The number of rotatable bonds is 1. The van der Waals surface area contributed by atoms with Gasteiger partial charge in [0.05, 0.1) is 12.5 Å². The fraction of sp³-hybridized carbons (Fsp3) is 0.900. The molecule has 0 bridgehead atoms. The van der Waals surface area contributed by atoms with Crippen molar-refractivity contribution in [2.45, 2.75) is 50.7 Å². The van der Waals surface area contributed by atoms with Crippen LogP contribution < -0.4 is 0 Å². The van der Waals surface area contributed by atoms with E-state index < -0.39 is 6.10 Å². The summed E-state index contributed by atoms with van der Waals surface area (Å²) >= 11 is 0. The number of nitrogens with zero attached hydrogens (tertiary/aromatic N) is 1. The average molecular weight is 183 g/mol. The molecule has 74 valence electrons. The Morgan fingerprint density at radius 1 is 1.23 bits per heavy atom. The van der Waals surface area contributed by atoms with Gasteiger partial charge >= 0.3 is 0 Å². The minimum Gasteiger partial charge on any atom is -0.391 e. The summed E-state index contributed by atoms with van der Waals surface area (Å²) in [4.78, 5) is 13.3. The third-order valence-electron chi connectivity index (χ3n) is 3.15. The quantitative estimate of drug-likeness (QED) is 0.656. The molecule has 0 aromatic rings. The van der Waals surface area contributed by atoms with Crippen LogP contribution in [0.5, 0.6) is 0 Å². The van der Waals surface area contributed by atoms with Crippen LogP contribution in [0.4, 0.5) is 0 Å². The third kappa shape index (κ3) is 1.85. The van der Waals surface area contributed by atoms with Gasteiger partial charge in [0.15, 0.2) is 0 Å². The SMILES string of the molecule is O=C1C[C@@H](O)CN1C1CCCCC1.